The van der Waals surface area contributed by atoms with Crippen molar-refractivity contribution < 1.29 is 13.2 Å². The number of anilines is 1. The smallest absolute Gasteiger partial charge is 0.234 e. The first-order valence-electron chi connectivity index (χ1n) is 8.77. The second-order valence-corrected chi connectivity index (χ2v) is 9.43. The Labute approximate surface area is 178 Å². The van der Waals surface area contributed by atoms with E-state index in [9.17, 15) is 13.2 Å². The number of hydrogen-bond acceptors (Lipinski definition) is 6. The van der Waals surface area contributed by atoms with Gasteiger partial charge in [0.05, 0.1) is 10.6 Å². The second kappa shape index (κ2) is 9.43. The van der Waals surface area contributed by atoms with Gasteiger partial charge in [-0.05, 0) is 37.3 Å². The Kier molecular flexibility index (Phi) is 6.94. The highest BCUT2D eigenvalue weighted by Gasteiger charge is 2.21. The van der Waals surface area contributed by atoms with Crippen molar-refractivity contribution in [3.8, 4) is 0 Å². The summed E-state index contributed by atoms with van der Waals surface area (Å²) in [6.45, 7) is 2.36. The van der Waals surface area contributed by atoms with Crippen LogP contribution in [0.2, 0.25) is 5.02 Å². The van der Waals surface area contributed by atoms with Crippen molar-refractivity contribution in [2.24, 2.45) is 0 Å². The molecule has 0 spiro atoms. The molecule has 2 aromatic carbocycles. The number of halogens is 1. The number of thioether (sulfide) groups is 1. The first-order chi connectivity index (χ1) is 13.9. The Morgan fingerprint density at radius 1 is 1.14 bits per heavy atom. The van der Waals surface area contributed by atoms with Crippen molar-refractivity contribution in [2.45, 2.75) is 29.3 Å². The minimum absolute atomic E-state index is 0.107. The maximum absolute atomic E-state index is 12.6. The van der Waals surface area contributed by atoms with Gasteiger partial charge in [-0.15, -0.1) is 10.2 Å². The minimum atomic E-state index is -3.53. The van der Waals surface area contributed by atoms with Gasteiger partial charge in [-0.25, -0.2) is 8.42 Å². The number of amides is 1. The van der Waals surface area contributed by atoms with E-state index in [1.165, 1.54) is 11.8 Å². The van der Waals surface area contributed by atoms with E-state index in [0.29, 0.717) is 28.2 Å². The van der Waals surface area contributed by atoms with Gasteiger partial charge in [-0.3, -0.25) is 4.79 Å². The third-order valence-electron chi connectivity index (χ3n) is 3.97. The van der Waals surface area contributed by atoms with E-state index in [0.717, 1.165) is 0 Å². The molecule has 10 heteroatoms. The Bertz CT molecular complexity index is 1100. The summed E-state index contributed by atoms with van der Waals surface area (Å²) in [6.07, 6.45) is 0. The molecule has 1 amide bonds. The summed E-state index contributed by atoms with van der Waals surface area (Å²) >= 11 is 7.11. The standard InChI is InChI=1S/C19H19ClN4O3S2/c1-2-24-17(13-29(26,27)16-9-4-3-5-10-16)22-23-19(24)28-12-18(25)21-15-8-6-7-14(20)11-15/h3-11H,2,12-13H2,1H3,(H,21,25). The van der Waals surface area contributed by atoms with E-state index in [-0.39, 0.29) is 22.3 Å². The highest BCUT2D eigenvalue weighted by molar-refractivity contribution is 7.99. The number of carbonyl (C=O) groups excluding carboxylic acids is 1. The Hall–Kier alpha value is -2.36. The van der Waals surface area contributed by atoms with Gasteiger partial charge < -0.3 is 9.88 Å². The molecule has 0 unspecified atom stereocenters. The molecule has 0 atom stereocenters. The lowest BCUT2D eigenvalue weighted by Crippen LogP contribution is -2.15. The molecule has 1 heterocycles. The van der Waals surface area contributed by atoms with Crippen molar-refractivity contribution >= 4 is 44.8 Å². The van der Waals surface area contributed by atoms with Crippen LogP contribution in [-0.2, 0) is 26.9 Å². The van der Waals surface area contributed by atoms with Gasteiger partial charge in [-0.1, -0.05) is 47.6 Å². The lowest BCUT2D eigenvalue weighted by Gasteiger charge is -2.08. The maximum Gasteiger partial charge on any atom is 0.234 e. The predicted octanol–water partition coefficient (Wildman–Crippen LogP) is 3.66. The molecule has 7 nitrogen and oxygen atoms in total. The fourth-order valence-electron chi connectivity index (χ4n) is 2.62. The van der Waals surface area contributed by atoms with Gasteiger partial charge in [0.2, 0.25) is 5.91 Å². The van der Waals surface area contributed by atoms with E-state index in [2.05, 4.69) is 15.5 Å². The predicted molar refractivity (Wildman–Crippen MR) is 114 cm³/mol. The van der Waals surface area contributed by atoms with Gasteiger partial charge >= 0.3 is 0 Å². The molecule has 0 fully saturated rings. The molecule has 0 bridgehead atoms. The van der Waals surface area contributed by atoms with Crippen LogP contribution < -0.4 is 5.32 Å². The molecule has 0 saturated carbocycles. The lowest BCUT2D eigenvalue weighted by molar-refractivity contribution is -0.113. The quantitative estimate of drug-likeness (QED) is 0.526. The highest BCUT2D eigenvalue weighted by Crippen LogP contribution is 2.21. The van der Waals surface area contributed by atoms with E-state index in [1.807, 2.05) is 6.92 Å². The van der Waals surface area contributed by atoms with Gasteiger partial charge in [-0.2, -0.15) is 0 Å². The summed E-state index contributed by atoms with van der Waals surface area (Å²) in [4.78, 5) is 12.4. The number of carbonyl (C=O) groups is 1. The van der Waals surface area contributed by atoms with Crippen LogP contribution >= 0.6 is 23.4 Å². The maximum atomic E-state index is 12.6. The Morgan fingerprint density at radius 2 is 1.90 bits per heavy atom. The van der Waals surface area contributed by atoms with Crippen molar-refractivity contribution in [1.29, 1.82) is 0 Å². The van der Waals surface area contributed by atoms with Gasteiger partial charge in [0.1, 0.15) is 11.6 Å². The third kappa shape index (κ3) is 5.59. The molecular weight excluding hydrogens is 432 g/mol. The summed E-state index contributed by atoms with van der Waals surface area (Å²) in [7, 11) is -3.53. The summed E-state index contributed by atoms with van der Waals surface area (Å²) in [6, 6.07) is 15.1. The molecule has 0 radical (unpaired) electrons. The molecule has 3 aromatic rings. The van der Waals surface area contributed by atoms with Gasteiger partial charge in [0.15, 0.2) is 15.0 Å². The Balaban J connectivity index is 1.67. The van der Waals surface area contributed by atoms with Crippen LogP contribution in [0.3, 0.4) is 0 Å². The van der Waals surface area contributed by atoms with E-state index in [4.69, 9.17) is 11.6 Å². The molecular formula is C19H19ClN4O3S2. The molecule has 0 aliphatic rings. The number of nitrogens with one attached hydrogen (secondary N) is 1. The van der Waals surface area contributed by atoms with Crippen molar-refractivity contribution in [1.82, 2.24) is 14.8 Å². The SMILES string of the molecule is CCn1c(CS(=O)(=O)c2ccccc2)nnc1SCC(=O)Nc1cccc(Cl)c1. The lowest BCUT2D eigenvalue weighted by atomic mass is 10.3. The van der Waals surface area contributed by atoms with Gasteiger partial charge in [0, 0.05) is 17.3 Å². The van der Waals surface area contributed by atoms with Crippen molar-refractivity contribution in [3.05, 3.63) is 65.4 Å². The molecule has 0 aliphatic carbocycles. The number of aromatic nitrogens is 3. The average Bonchev–Trinajstić information content (AvgIpc) is 3.08. The van der Waals surface area contributed by atoms with Crippen LogP contribution in [0.4, 0.5) is 5.69 Å². The highest BCUT2D eigenvalue weighted by atomic mass is 35.5. The normalized spacial score (nSPS) is 11.4. The van der Waals surface area contributed by atoms with Crippen LogP contribution in [0.25, 0.3) is 0 Å². The zero-order valence-electron chi connectivity index (χ0n) is 15.6. The van der Waals surface area contributed by atoms with Crippen LogP contribution in [0.5, 0.6) is 0 Å². The number of rotatable bonds is 8. The molecule has 1 aromatic heterocycles. The molecule has 0 aliphatic heterocycles. The van der Waals surface area contributed by atoms with E-state index in [1.54, 1.807) is 59.2 Å². The molecule has 0 saturated heterocycles. The fourth-order valence-corrected chi connectivity index (χ4v) is 4.93. The van der Waals surface area contributed by atoms with Crippen LogP contribution in [-0.4, -0.2) is 34.8 Å². The van der Waals surface area contributed by atoms with Crippen molar-refractivity contribution in [3.63, 3.8) is 0 Å². The topological polar surface area (TPSA) is 93.9 Å². The summed E-state index contributed by atoms with van der Waals surface area (Å²) in [5, 5.41) is 11.9. The molecule has 152 valence electrons. The monoisotopic (exact) mass is 450 g/mol. The van der Waals surface area contributed by atoms with Crippen LogP contribution in [0.15, 0.2) is 64.6 Å². The zero-order chi connectivity index (χ0) is 20.9. The second-order valence-electron chi connectivity index (χ2n) is 6.06. The molecule has 3 rings (SSSR count). The zero-order valence-corrected chi connectivity index (χ0v) is 18.0. The number of nitrogens with zero attached hydrogens (tertiary/aromatic N) is 3. The first-order valence-corrected chi connectivity index (χ1v) is 11.8. The van der Waals surface area contributed by atoms with Crippen LogP contribution in [0, 0.1) is 0 Å². The minimum Gasteiger partial charge on any atom is -0.325 e. The van der Waals surface area contributed by atoms with E-state index >= 15 is 0 Å². The first kappa shape index (κ1) is 21.4. The largest absolute Gasteiger partial charge is 0.325 e. The average molecular weight is 451 g/mol. The van der Waals surface area contributed by atoms with Crippen LogP contribution in [0.1, 0.15) is 12.7 Å². The van der Waals surface area contributed by atoms with Gasteiger partial charge in [0.25, 0.3) is 0 Å². The summed E-state index contributed by atoms with van der Waals surface area (Å²) in [5.74, 6) is -0.0288. The summed E-state index contributed by atoms with van der Waals surface area (Å²) < 4.78 is 26.9. The fraction of sp³-hybridized carbons (Fsp3) is 0.211. The number of hydrogen-bond donors (Lipinski definition) is 1. The van der Waals surface area contributed by atoms with E-state index < -0.39 is 9.84 Å². The molecule has 1 N–H and O–H groups in total. The number of benzene rings is 2. The molecule has 29 heavy (non-hydrogen) atoms. The summed E-state index contributed by atoms with van der Waals surface area (Å²) in [5.41, 5.74) is 0.606. The Morgan fingerprint density at radius 3 is 2.59 bits per heavy atom. The third-order valence-corrected chi connectivity index (χ3v) is 6.80. The number of sulfone groups is 1. The van der Waals surface area contributed by atoms with Crippen molar-refractivity contribution in [2.75, 3.05) is 11.1 Å².